The first-order chi connectivity index (χ1) is 11.4. The van der Waals surface area contributed by atoms with Gasteiger partial charge in [0.15, 0.2) is 0 Å². The van der Waals surface area contributed by atoms with E-state index >= 15 is 0 Å². The molecule has 2 aromatic rings. The van der Waals surface area contributed by atoms with Gasteiger partial charge in [-0.15, -0.1) is 0 Å². The zero-order chi connectivity index (χ0) is 15.9. The lowest BCUT2D eigenvalue weighted by Gasteiger charge is -2.18. The maximum absolute atomic E-state index is 6.02. The molecule has 3 rings (SSSR count). The fraction of sp³-hybridized carbons (Fsp3) is 0.429. The van der Waals surface area contributed by atoms with Gasteiger partial charge in [-0.2, -0.15) is 0 Å². The van der Waals surface area contributed by atoms with Crippen LogP contribution >= 0.6 is 0 Å². The summed E-state index contributed by atoms with van der Waals surface area (Å²) in [7, 11) is 0. The zero-order valence-electron chi connectivity index (χ0n) is 13.9. The molecule has 0 amide bonds. The number of hydrogen-bond acceptors (Lipinski definition) is 2. The molecule has 1 fully saturated rings. The lowest BCUT2D eigenvalue weighted by Crippen LogP contribution is -2.29. The Morgan fingerprint density at radius 2 is 1.57 bits per heavy atom. The highest BCUT2D eigenvalue weighted by atomic mass is 14.9. The van der Waals surface area contributed by atoms with Crippen LogP contribution in [-0.4, -0.2) is 19.1 Å². The molecule has 1 aliphatic rings. The first kappa shape index (κ1) is 16.2. The van der Waals surface area contributed by atoms with Gasteiger partial charge in [-0.05, 0) is 55.0 Å². The van der Waals surface area contributed by atoms with E-state index < -0.39 is 0 Å². The molecule has 0 spiro atoms. The van der Waals surface area contributed by atoms with E-state index in [0.717, 1.165) is 25.6 Å². The highest BCUT2D eigenvalue weighted by molar-refractivity contribution is 5.63. The van der Waals surface area contributed by atoms with Crippen molar-refractivity contribution < 1.29 is 0 Å². The Bertz CT molecular complexity index is 571. The second-order valence-electron chi connectivity index (χ2n) is 6.64. The minimum absolute atomic E-state index is 0.453. The lowest BCUT2D eigenvalue weighted by molar-refractivity contribution is 0.490. The normalized spacial score (nSPS) is 16.6. The molecule has 2 aromatic carbocycles. The Kier molecular flexibility index (Phi) is 5.84. The van der Waals surface area contributed by atoms with Crippen LogP contribution in [0.5, 0.6) is 0 Å². The molecule has 2 heteroatoms. The molecule has 0 bridgehead atoms. The molecule has 0 aromatic heterocycles. The second-order valence-corrected chi connectivity index (χ2v) is 6.64. The van der Waals surface area contributed by atoms with E-state index in [1.165, 1.54) is 42.4 Å². The summed E-state index contributed by atoms with van der Waals surface area (Å²) in [6.07, 6.45) is 6.59. The molecule has 1 aliphatic carbocycles. The van der Waals surface area contributed by atoms with Gasteiger partial charge in [-0.3, -0.25) is 0 Å². The van der Waals surface area contributed by atoms with Gasteiger partial charge >= 0.3 is 0 Å². The molecule has 3 N–H and O–H groups in total. The molecule has 1 unspecified atom stereocenters. The van der Waals surface area contributed by atoms with Crippen LogP contribution in [-0.2, 0) is 0 Å². The lowest BCUT2D eigenvalue weighted by atomic mass is 9.93. The fourth-order valence-corrected chi connectivity index (χ4v) is 3.59. The molecule has 2 nitrogen and oxygen atoms in total. The minimum atomic E-state index is 0.453. The van der Waals surface area contributed by atoms with Gasteiger partial charge in [-0.25, -0.2) is 0 Å². The molecule has 0 aliphatic heterocycles. The smallest absolute Gasteiger partial charge is 0.00670 e. The van der Waals surface area contributed by atoms with Gasteiger partial charge in [0.25, 0.3) is 0 Å². The van der Waals surface area contributed by atoms with E-state index in [1.54, 1.807) is 0 Å². The van der Waals surface area contributed by atoms with E-state index in [1.807, 2.05) is 0 Å². The van der Waals surface area contributed by atoms with Crippen molar-refractivity contribution in [3.05, 3.63) is 60.2 Å². The van der Waals surface area contributed by atoms with Gasteiger partial charge in [-0.1, -0.05) is 67.4 Å². The van der Waals surface area contributed by atoms with Crippen molar-refractivity contribution in [3.63, 3.8) is 0 Å². The summed E-state index contributed by atoms with van der Waals surface area (Å²) < 4.78 is 0. The van der Waals surface area contributed by atoms with Crippen LogP contribution in [0.4, 0.5) is 0 Å². The molecule has 0 saturated heterocycles. The van der Waals surface area contributed by atoms with Crippen LogP contribution in [0, 0.1) is 0 Å². The summed E-state index contributed by atoms with van der Waals surface area (Å²) in [5.41, 5.74) is 9.92. The third-order valence-corrected chi connectivity index (χ3v) is 5.05. The average molecular weight is 308 g/mol. The number of hydrogen-bond donors (Lipinski definition) is 2. The van der Waals surface area contributed by atoms with Gasteiger partial charge in [0.2, 0.25) is 0 Å². The molecule has 0 heterocycles. The molecule has 1 saturated carbocycles. The summed E-state index contributed by atoms with van der Waals surface area (Å²) in [6.45, 7) is 1.80. The quantitative estimate of drug-likeness (QED) is 0.799. The number of nitrogens with two attached hydrogens (primary N) is 1. The van der Waals surface area contributed by atoms with Crippen molar-refractivity contribution in [1.29, 1.82) is 0 Å². The summed E-state index contributed by atoms with van der Waals surface area (Å²) in [5.74, 6) is 0.453. The standard InChI is InChI=1S/C21H28N2/c22-16-20(14-15-23-21-8-4-5-9-21)19-12-10-18(11-13-19)17-6-2-1-3-7-17/h1-3,6-7,10-13,20-21,23H,4-5,8-9,14-16,22H2. The fourth-order valence-electron chi connectivity index (χ4n) is 3.59. The zero-order valence-corrected chi connectivity index (χ0v) is 13.9. The summed E-state index contributed by atoms with van der Waals surface area (Å²) >= 11 is 0. The van der Waals surface area contributed by atoms with E-state index in [4.69, 9.17) is 5.73 Å². The largest absolute Gasteiger partial charge is 0.330 e. The molecular formula is C21H28N2. The highest BCUT2D eigenvalue weighted by Crippen LogP contribution is 2.24. The van der Waals surface area contributed by atoms with Crippen molar-refractivity contribution in [3.8, 4) is 11.1 Å². The SMILES string of the molecule is NCC(CCNC1CCCC1)c1ccc(-c2ccccc2)cc1. The number of rotatable bonds is 7. The average Bonchev–Trinajstić information content (AvgIpc) is 3.13. The van der Waals surface area contributed by atoms with Crippen LogP contribution in [0.1, 0.15) is 43.6 Å². The van der Waals surface area contributed by atoms with Crippen molar-refractivity contribution in [2.75, 3.05) is 13.1 Å². The van der Waals surface area contributed by atoms with Crippen molar-refractivity contribution >= 4 is 0 Å². The third kappa shape index (κ3) is 4.43. The predicted octanol–water partition coefficient (Wildman–Crippen LogP) is 4.32. The van der Waals surface area contributed by atoms with Gasteiger partial charge in [0.05, 0.1) is 0 Å². The Morgan fingerprint density at radius 1 is 0.913 bits per heavy atom. The van der Waals surface area contributed by atoms with Crippen molar-refractivity contribution in [2.45, 2.75) is 44.1 Å². The minimum Gasteiger partial charge on any atom is -0.330 e. The monoisotopic (exact) mass is 308 g/mol. The van der Waals surface area contributed by atoms with Gasteiger partial charge < -0.3 is 11.1 Å². The Morgan fingerprint density at radius 3 is 2.22 bits per heavy atom. The Labute approximate surface area is 140 Å². The second kappa shape index (κ2) is 8.28. The first-order valence-electron chi connectivity index (χ1n) is 8.95. The summed E-state index contributed by atoms with van der Waals surface area (Å²) in [5, 5.41) is 3.70. The topological polar surface area (TPSA) is 38.0 Å². The first-order valence-corrected chi connectivity index (χ1v) is 8.95. The van der Waals surface area contributed by atoms with Crippen LogP contribution in [0.2, 0.25) is 0 Å². The van der Waals surface area contributed by atoms with E-state index in [-0.39, 0.29) is 0 Å². The molecule has 23 heavy (non-hydrogen) atoms. The van der Waals surface area contributed by atoms with Gasteiger partial charge in [0, 0.05) is 6.04 Å². The molecule has 0 radical (unpaired) electrons. The number of nitrogens with one attached hydrogen (secondary N) is 1. The van der Waals surface area contributed by atoms with E-state index in [0.29, 0.717) is 5.92 Å². The summed E-state index contributed by atoms with van der Waals surface area (Å²) in [4.78, 5) is 0. The van der Waals surface area contributed by atoms with Crippen molar-refractivity contribution in [1.82, 2.24) is 5.32 Å². The molecular weight excluding hydrogens is 280 g/mol. The molecule has 1 atom stereocenters. The van der Waals surface area contributed by atoms with Gasteiger partial charge in [0.1, 0.15) is 0 Å². The van der Waals surface area contributed by atoms with Crippen LogP contribution in [0.25, 0.3) is 11.1 Å². The van der Waals surface area contributed by atoms with E-state index in [2.05, 4.69) is 59.9 Å². The number of benzene rings is 2. The maximum atomic E-state index is 6.02. The van der Waals surface area contributed by atoms with Crippen LogP contribution in [0.3, 0.4) is 0 Å². The van der Waals surface area contributed by atoms with Crippen molar-refractivity contribution in [2.24, 2.45) is 5.73 Å². The Hall–Kier alpha value is -1.64. The highest BCUT2D eigenvalue weighted by Gasteiger charge is 2.15. The van der Waals surface area contributed by atoms with Crippen LogP contribution in [0.15, 0.2) is 54.6 Å². The van der Waals surface area contributed by atoms with E-state index in [9.17, 15) is 0 Å². The maximum Gasteiger partial charge on any atom is 0.00670 e. The third-order valence-electron chi connectivity index (χ3n) is 5.05. The summed E-state index contributed by atoms with van der Waals surface area (Å²) in [6, 6.07) is 20.2. The molecule has 122 valence electrons. The predicted molar refractivity (Wildman–Crippen MR) is 98.5 cm³/mol. The Balaban J connectivity index is 1.57. The van der Waals surface area contributed by atoms with Crippen LogP contribution < -0.4 is 11.1 Å².